The van der Waals surface area contributed by atoms with Crippen molar-refractivity contribution in [1.82, 2.24) is 4.57 Å². The Morgan fingerprint density at radius 1 is 1.16 bits per heavy atom. The largest absolute Gasteiger partial charge is 0.399 e. The quantitative estimate of drug-likeness (QED) is 0.575. The van der Waals surface area contributed by atoms with Gasteiger partial charge in [-0.1, -0.05) is 41.9 Å². The highest BCUT2D eigenvalue weighted by molar-refractivity contribution is 9.10. The zero-order valence-electron chi connectivity index (χ0n) is 15.0. The molecular weight excluding hydrogens is 376 g/mol. The summed E-state index contributed by atoms with van der Waals surface area (Å²) in [6.07, 6.45) is 0.799. The van der Waals surface area contributed by atoms with E-state index in [1.807, 2.05) is 18.2 Å². The van der Waals surface area contributed by atoms with Gasteiger partial charge in [-0.25, -0.2) is 0 Å². The lowest BCUT2D eigenvalue weighted by Gasteiger charge is -2.22. The lowest BCUT2D eigenvalue weighted by molar-refractivity contribution is 0.160. The Morgan fingerprint density at radius 3 is 2.56 bits per heavy atom. The minimum atomic E-state index is -0.190. The van der Waals surface area contributed by atoms with Gasteiger partial charge >= 0.3 is 0 Å². The van der Waals surface area contributed by atoms with Crippen LogP contribution in [0.5, 0.6) is 0 Å². The van der Waals surface area contributed by atoms with Crippen molar-refractivity contribution >= 4 is 32.5 Å². The van der Waals surface area contributed by atoms with Crippen molar-refractivity contribution in [3.63, 3.8) is 0 Å². The minimum Gasteiger partial charge on any atom is -0.399 e. The van der Waals surface area contributed by atoms with Crippen LogP contribution in [0, 0.1) is 5.41 Å². The second-order valence-electron chi connectivity index (χ2n) is 7.36. The molecule has 0 saturated carbocycles. The summed E-state index contributed by atoms with van der Waals surface area (Å²) in [5.74, 6) is 0. The van der Waals surface area contributed by atoms with Crippen molar-refractivity contribution in [2.75, 3.05) is 12.3 Å². The molecule has 3 aromatic rings. The monoisotopic (exact) mass is 400 g/mol. The average Bonchev–Trinajstić information content (AvgIpc) is 2.87. The molecule has 0 unspecified atom stereocenters. The molecule has 0 aliphatic carbocycles. The lowest BCUT2D eigenvalue weighted by atomic mass is 9.84. The first-order chi connectivity index (χ1) is 11.9. The number of hydrogen-bond acceptors (Lipinski definition) is 2. The van der Waals surface area contributed by atoms with Crippen LogP contribution >= 0.6 is 15.9 Å². The van der Waals surface area contributed by atoms with E-state index in [1.54, 1.807) is 0 Å². The van der Waals surface area contributed by atoms with Gasteiger partial charge in [0.15, 0.2) is 0 Å². The summed E-state index contributed by atoms with van der Waals surface area (Å²) < 4.78 is 3.41. The van der Waals surface area contributed by atoms with Crippen LogP contribution in [0.4, 0.5) is 5.69 Å². The molecule has 0 saturated heterocycles. The fourth-order valence-corrected chi connectivity index (χ4v) is 3.82. The number of hydrogen-bond donors (Lipinski definition) is 2. The summed E-state index contributed by atoms with van der Waals surface area (Å²) in [7, 11) is 0. The van der Waals surface area contributed by atoms with E-state index in [0.29, 0.717) is 0 Å². The van der Waals surface area contributed by atoms with E-state index in [0.717, 1.165) is 28.7 Å². The highest BCUT2D eigenvalue weighted by Gasteiger charge is 2.25. The number of aromatic nitrogens is 1. The predicted molar refractivity (Wildman–Crippen MR) is 110 cm³/mol. The van der Waals surface area contributed by atoms with Gasteiger partial charge in [0.25, 0.3) is 0 Å². The van der Waals surface area contributed by atoms with E-state index in [2.05, 4.69) is 65.5 Å². The highest BCUT2D eigenvalue weighted by Crippen LogP contribution is 2.39. The van der Waals surface area contributed by atoms with Gasteiger partial charge in [0.2, 0.25) is 0 Å². The zero-order valence-corrected chi connectivity index (χ0v) is 16.6. The molecule has 0 fully saturated rings. The maximum Gasteiger partial charge on any atom is 0.0524 e. The van der Waals surface area contributed by atoms with Crippen molar-refractivity contribution in [2.45, 2.75) is 33.7 Å². The summed E-state index contributed by atoms with van der Waals surface area (Å²) in [4.78, 5) is 0. The Labute approximate surface area is 157 Å². The highest BCUT2D eigenvalue weighted by atomic mass is 79.9. The number of aliphatic hydroxyl groups is 1. The van der Waals surface area contributed by atoms with Crippen LogP contribution in [0.15, 0.2) is 46.9 Å². The minimum absolute atomic E-state index is 0.149. The second kappa shape index (κ2) is 6.85. The summed E-state index contributed by atoms with van der Waals surface area (Å²) in [5.41, 5.74) is 11.4. The Morgan fingerprint density at radius 2 is 1.92 bits per heavy atom. The molecule has 132 valence electrons. The summed E-state index contributed by atoms with van der Waals surface area (Å²) >= 11 is 3.61. The maximum absolute atomic E-state index is 9.82. The van der Waals surface area contributed by atoms with E-state index in [-0.39, 0.29) is 12.0 Å². The molecule has 4 heteroatoms. The van der Waals surface area contributed by atoms with E-state index in [4.69, 9.17) is 5.73 Å². The fraction of sp³-hybridized carbons (Fsp3) is 0.333. The average molecular weight is 401 g/mol. The Hall–Kier alpha value is -1.78. The van der Waals surface area contributed by atoms with E-state index >= 15 is 0 Å². The third kappa shape index (κ3) is 3.46. The van der Waals surface area contributed by atoms with Gasteiger partial charge in [-0.2, -0.15) is 0 Å². The second-order valence-corrected chi connectivity index (χ2v) is 8.27. The van der Waals surface area contributed by atoms with Crippen LogP contribution in [0.25, 0.3) is 22.2 Å². The summed E-state index contributed by atoms with van der Waals surface area (Å²) in [5, 5.41) is 11.0. The molecule has 0 bridgehead atoms. The van der Waals surface area contributed by atoms with Gasteiger partial charge < -0.3 is 15.4 Å². The number of nitrogens with zero attached hydrogens (tertiary/aromatic N) is 1. The van der Waals surface area contributed by atoms with Crippen molar-refractivity contribution in [2.24, 2.45) is 5.41 Å². The summed E-state index contributed by atoms with van der Waals surface area (Å²) in [6.45, 7) is 7.39. The topological polar surface area (TPSA) is 51.2 Å². The van der Waals surface area contributed by atoms with Crippen molar-refractivity contribution in [3.05, 3.63) is 52.5 Å². The van der Waals surface area contributed by atoms with Crippen LogP contribution in [0.2, 0.25) is 0 Å². The van der Waals surface area contributed by atoms with Crippen molar-refractivity contribution < 1.29 is 5.11 Å². The van der Waals surface area contributed by atoms with Crippen molar-refractivity contribution in [1.29, 1.82) is 0 Å². The number of anilines is 1. The fourth-order valence-electron chi connectivity index (χ4n) is 3.45. The summed E-state index contributed by atoms with van der Waals surface area (Å²) in [6, 6.07) is 14.5. The SMILES string of the molecule is CCn1c(-c2cccc(N)c2)c(CC(C)(C)CO)c2cc(Br)ccc21. The molecule has 0 aliphatic heterocycles. The molecular formula is C21H25BrN2O. The Kier molecular flexibility index (Phi) is 4.94. The molecule has 3 N–H and O–H groups in total. The normalized spacial score (nSPS) is 12.0. The van der Waals surface area contributed by atoms with Gasteiger partial charge in [-0.3, -0.25) is 0 Å². The zero-order chi connectivity index (χ0) is 18.2. The van der Waals surface area contributed by atoms with Crippen LogP contribution in [0.3, 0.4) is 0 Å². The first kappa shape index (κ1) is 18.0. The van der Waals surface area contributed by atoms with Gasteiger partial charge in [0.1, 0.15) is 0 Å². The number of aryl methyl sites for hydroxylation is 1. The molecule has 0 atom stereocenters. The van der Waals surface area contributed by atoms with Gasteiger partial charge in [-0.05, 0) is 54.7 Å². The van der Waals surface area contributed by atoms with Gasteiger partial charge in [-0.15, -0.1) is 0 Å². The first-order valence-corrected chi connectivity index (χ1v) is 9.43. The standard InChI is InChI=1S/C21H25BrN2O/c1-4-24-19-9-8-15(22)11-17(19)18(12-21(2,3)13-25)20(24)14-6-5-7-16(23)10-14/h5-11,25H,4,12-13,23H2,1-3H3. The lowest BCUT2D eigenvalue weighted by Crippen LogP contribution is -2.20. The molecule has 0 radical (unpaired) electrons. The van der Waals surface area contributed by atoms with Crippen LogP contribution in [-0.2, 0) is 13.0 Å². The van der Waals surface area contributed by atoms with Crippen LogP contribution in [0.1, 0.15) is 26.3 Å². The van der Waals surface area contributed by atoms with Crippen LogP contribution in [-0.4, -0.2) is 16.3 Å². The molecule has 3 nitrogen and oxygen atoms in total. The molecule has 0 amide bonds. The third-order valence-corrected chi connectivity index (χ3v) is 5.18. The van der Waals surface area contributed by atoms with Gasteiger partial charge in [0.05, 0.1) is 5.69 Å². The number of halogens is 1. The number of nitrogen functional groups attached to an aromatic ring is 1. The molecule has 1 aromatic heterocycles. The van der Waals surface area contributed by atoms with E-state index < -0.39 is 0 Å². The molecule has 2 aromatic carbocycles. The molecule has 1 heterocycles. The third-order valence-electron chi connectivity index (χ3n) is 4.69. The van der Waals surface area contributed by atoms with Crippen LogP contribution < -0.4 is 5.73 Å². The number of fused-ring (bicyclic) bond motifs is 1. The number of nitrogens with two attached hydrogens (primary N) is 1. The number of benzene rings is 2. The Bertz CT molecular complexity index is 912. The van der Waals surface area contributed by atoms with Gasteiger partial charge in [0, 0.05) is 39.8 Å². The number of rotatable bonds is 5. The van der Waals surface area contributed by atoms with E-state index in [9.17, 15) is 5.11 Å². The molecule has 3 rings (SSSR count). The maximum atomic E-state index is 9.82. The smallest absolute Gasteiger partial charge is 0.0524 e. The Balaban J connectivity index is 2.36. The van der Waals surface area contributed by atoms with Crippen molar-refractivity contribution in [3.8, 4) is 11.3 Å². The molecule has 25 heavy (non-hydrogen) atoms. The molecule has 0 aliphatic rings. The number of aliphatic hydroxyl groups excluding tert-OH is 1. The first-order valence-electron chi connectivity index (χ1n) is 8.63. The molecule has 0 spiro atoms. The van der Waals surface area contributed by atoms with E-state index in [1.165, 1.54) is 22.2 Å². The predicted octanol–water partition coefficient (Wildman–Crippen LogP) is 5.23.